The summed E-state index contributed by atoms with van der Waals surface area (Å²) in [7, 11) is 0. The molecule has 1 radical (unpaired) electrons. The summed E-state index contributed by atoms with van der Waals surface area (Å²) >= 11 is 0. The lowest BCUT2D eigenvalue weighted by molar-refractivity contribution is -0.165. The molecule has 0 aliphatic heterocycles. The highest BCUT2D eigenvalue weighted by molar-refractivity contribution is 5.87. The van der Waals surface area contributed by atoms with Gasteiger partial charge in [0.2, 0.25) is 5.78 Å². The van der Waals surface area contributed by atoms with Crippen LogP contribution in [0.4, 0.5) is 13.2 Å². The van der Waals surface area contributed by atoms with Crippen molar-refractivity contribution in [3.63, 3.8) is 0 Å². The molecule has 0 atom stereocenters. The first-order chi connectivity index (χ1) is 2.94. The monoisotopic (exact) mass is 111 g/mol. The van der Waals surface area contributed by atoms with Crippen molar-refractivity contribution in [2.24, 2.45) is 0 Å². The van der Waals surface area contributed by atoms with Crippen molar-refractivity contribution >= 4 is 5.78 Å². The zero-order chi connectivity index (χ0) is 6.08. The van der Waals surface area contributed by atoms with E-state index in [0.29, 0.717) is 0 Å². The maximum absolute atomic E-state index is 10.8. The average Bonchev–Trinajstić information content (AvgIpc) is 1.31. The molecule has 0 unspecified atom stereocenters. The van der Waals surface area contributed by atoms with E-state index in [0.717, 1.165) is 0 Å². The maximum atomic E-state index is 10.8. The lowest BCUT2D eigenvalue weighted by Gasteiger charge is -1.95. The van der Waals surface area contributed by atoms with Gasteiger partial charge in [0.1, 0.15) is 0 Å². The Balaban J connectivity index is 3.79. The van der Waals surface area contributed by atoms with E-state index in [4.69, 9.17) is 0 Å². The second-order valence-electron chi connectivity index (χ2n) is 0.921. The van der Waals surface area contributed by atoms with E-state index in [1.54, 1.807) is 0 Å². The standard InChI is InChI=1S/C3H2F3O/c1-2(7)3(4,5)6/h1H2. The highest BCUT2D eigenvalue weighted by Crippen LogP contribution is 2.14. The lowest BCUT2D eigenvalue weighted by Crippen LogP contribution is -2.18. The van der Waals surface area contributed by atoms with Gasteiger partial charge >= 0.3 is 6.18 Å². The zero-order valence-electron chi connectivity index (χ0n) is 3.25. The first kappa shape index (κ1) is 6.46. The van der Waals surface area contributed by atoms with Crippen LogP contribution in [0.15, 0.2) is 0 Å². The van der Waals surface area contributed by atoms with Crippen molar-refractivity contribution in [3.8, 4) is 0 Å². The van der Waals surface area contributed by atoms with Crippen LogP contribution in [0.1, 0.15) is 0 Å². The molecule has 0 fully saturated rings. The Labute approximate surface area is 38.1 Å². The molecule has 0 aliphatic rings. The van der Waals surface area contributed by atoms with Crippen LogP contribution in [-0.2, 0) is 4.79 Å². The summed E-state index contributed by atoms with van der Waals surface area (Å²) in [5.74, 6) is -2.01. The van der Waals surface area contributed by atoms with E-state index in [1.165, 1.54) is 0 Å². The molecule has 0 aromatic carbocycles. The van der Waals surface area contributed by atoms with Crippen LogP contribution in [0.2, 0.25) is 0 Å². The fourth-order valence-electron chi connectivity index (χ4n) is 0. The van der Waals surface area contributed by atoms with Crippen molar-refractivity contribution in [3.05, 3.63) is 6.92 Å². The fourth-order valence-corrected chi connectivity index (χ4v) is 0. The zero-order valence-corrected chi connectivity index (χ0v) is 3.25. The van der Waals surface area contributed by atoms with Crippen molar-refractivity contribution in [1.82, 2.24) is 0 Å². The van der Waals surface area contributed by atoms with Crippen molar-refractivity contribution in [1.29, 1.82) is 0 Å². The third-order valence-corrected chi connectivity index (χ3v) is 0.316. The lowest BCUT2D eigenvalue weighted by atomic mass is 10.5. The fraction of sp³-hybridized carbons (Fsp3) is 0.333. The van der Waals surface area contributed by atoms with E-state index >= 15 is 0 Å². The maximum Gasteiger partial charge on any atom is 0.449 e. The van der Waals surface area contributed by atoms with E-state index < -0.39 is 12.0 Å². The molecule has 0 saturated heterocycles. The van der Waals surface area contributed by atoms with E-state index in [9.17, 15) is 18.0 Å². The molecular weight excluding hydrogens is 109 g/mol. The molecule has 0 spiro atoms. The van der Waals surface area contributed by atoms with Crippen LogP contribution < -0.4 is 0 Å². The predicted molar refractivity (Wildman–Crippen MR) is 16.4 cm³/mol. The summed E-state index contributed by atoms with van der Waals surface area (Å²) in [6.45, 7) is 2.15. The highest BCUT2D eigenvalue weighted by Gasteiger charge is 2.33. The predicted octanol–water partition coefficient (Wildman–Crippen LogP) is 0.952. The second-order valence-corrected chi connectivity index (χ2v) is 0.921. The molecule has 0 saturated carbocycles. The molecule has 41 valence electrons. The molecule has 0 N–H and O–H groups in total. The number of ketones is 1. The van der Waals surface area contributed by atoms with Gasteiger partial charge in [-0.15, -0.1) is 0 Å². The van der Waals surface area contributed by atoms with Gasteiger partial charge < -0.3 is 0 Å². The topological polar surface area (TPSA) is 17.1 Å². The molecule has 0 bridgehead atoms. The number of carbonyl (C=O) groups excluding carboxylic acids is 1. The van der Waals surface area contributed by atoms with Gasteiger partial charge in [0.05, 0.1) is 0 Å². The van der Waals surface area contributed by atoms with Crippen LogP contribution in [0.5, 0.6) is 0 Å². The molecule has 0 heterocycles. The summed E-state index contributed by atoms with van der Waals surface area (Å²) in [6, 6.07) is 0. The van der Waals surface area contributed by atoms with Gasteiger partial charge in [-0.2, -0.15) is 13.2 Å². The van der Waals surface area contributed by atoms with Gasteiger partial charge in [-0.1, -0.05) is 0 Å². The van der Waals surface area contributed by atoms with Crippen LogP contribution >= 0.6 is 0 Å². The smallest absolute Gasteiger partial charge is 0.290 e. The van der Waals surface area contributed by atoms with E-state index in [1.807, 2.05) is 0 Å². The first-order valence-corrected chi connectivity index (χ1v) is 1.37. The van der Waals surface area contributed by atoms with Gasteiger partial charge in [0, 0.05) is 6.92 Å². The molecule has 0 aromatic heterocycles. The minimum Gasteiger partial charge on any atom is -0.290 e. The summed E-state index contributed by atoms with van der Waals surface area (Å²) in [5, 5.41) is 0. The average molecular weight is 111 g/mol. The summed E-state index contributed by atoms with van der Waals surface area (Å²) in [5.41, 5.74) is 0. The Kier molecular flexibility index (Phi) is 1.40. The number of Topliss-reactive ketones (excluding diaryl/α,β-unsaturated/α-hetero) is 1. The van der Waals surface area contributed by atoms with Gasteiger partial charge in [-0.3, -0.25) is 4.79 Å². The van der Waals surface area contributed by atoms with Crippen LogP contribution in [-0.4, -0.2) is 12.0 Å². The summed E-state index contributed by atoms with van der Waals surface area (Å²) in [6.07, 6.45) is -4.75. The molecular formula is C3H2F3O. The van der Waals surface area contributed by atoms with Crippen LogP contribution in [0.25, 0.3) is 0 Å². The second kappa shape index (κ2) is 1.52. The summed E-state index contributed by atoms with van der Waals surface area (Å²) in [4.78, 5) is 9.23. The Morgan fingerprint density at radius 2 is 1.57 bits per heavy atom. The molecule has 7 heavy (non-hydrogen) atoms. The number of hydrogen-bond donors (Lipinski definition) is 0. The quantitative estimate of drug-likeness (QED) is 0.454. The largest absolute Gasteiger partial charge is 0.449 e. The Bertz CT molecular complexity index is 82.7. The highest BCUT2D eigenvalue weighted by atomic mass is 19.4. The molecule has 0 aromatic rings. The number of alkyl halides is 3. The minimum absolute atomic E-state index is 2.01. The number of hydrogen-bond acceptors (Lipinski definition) is 1. The molecule has 0 amide bonds. The Morgan fingerprint density at radius 3 is 1.57 bits per heavy atom. The number of rotatable bonds is 0. The van der Waals surface area contributed by atoms with Gasteiger partial charge in [0.25, 0.3) is 0 Å². The van der Waals surface area contributed by atoms with Gasteiger partial charge in [-0.05, 0) is 0 Å². The normalized spacial score (nSPS) is 11.4. The van der Waals surface area contributed by atoms with Crippen LogP contribution in [0.3, 0.4) is 0 Å². The van der Waals surface area contributed by atoms with Crippen molar-refractivity contribution < 1.29 is 18.0 Å². The van der Waals surface area contributed by atoms with Crippen LogP contribution in [0, 0.1) is 6.92 Å². The molecule has 0 aliphatic carbocycles. The molecule has 1 nitrogen and oxygen atoms in total. The molecule has 0 rings (SSSR count). The first-order valence-electron chi connectivity index (χ1n) is 1.37. The minimum atomic E-state index is -4.75. The Hall–Kier alpha value is -0.540. The van der Waals surface area contributed by atoms with Crippen molar-refractivity contribution in [2.75, 3.05) is 0 Å². The van der Waals surface area contributed by atoms with Gasteiger partial charge in [0.15, 0.2) is 0 Å². The number of halogens is 3. The number of carbonyl (C=O) groups is 1. The molecule has 4 heteroatoms. The van der Waals surface area contributed by atoms with Crippen molar-refractivity contribution in [2.45, 2.75) is 6.18 Å². The summed E-state index contributed by atoms with van der Waals surface area (Å²) < 4.78 is 32.3. The SMILES string of the molecule is [CH2]C(=O)C(F)(F)F. The third kappa shape index (κ3) is 2.19. The Morgan fingerprint density at radius 1 is 1.43 bits per heavy atom. The van der Waals surface area contributed by atoms with E-state index in [2.05, 4.69) is 6.92 Å². The third-order valence-electron chi connectivity index (χ3n) is 0.316. The van der Waals surface area contributed by atoms with E-state index in [-0.39, 0.29) is 0 Å². The van der Waals surface area contributed by atoms with Gasteiger partial charge in [-0.25, -0.2) is 0 Å².